The normalized spacial score (nSPS) is 29.7. The van der Waals surface area contributed by atoms with Crippen molar-refractivity contribution in [2.75, 3.05) is 11.9 Å². The van der Waals surface area contributed by atoms with Crippen LogP contribution in [0.3, 0.4) is 0 Å². The van der Waals surface area contributed by atoms with Crippen molar-refractivity contribution in [3.05, 3.63) is 42.0 Å². The molecule has 4 aliphatic rings. The number of ether oxygens (including phenoxy) is 2. The molecule has 1 aromatic carbocycles. The zero-order valence-electron chi connectivity index (χ0n) is 31.6. The number of carbonyl (C=O) groups excluding carboxylic acids is 5. The van der Waals surface area contributed by atoms with Gasteiger partial charge in [-0.25, -0.2) is 18.0 Å². The molecule has 1 aromatic rings. The highest BCUT2D eigenvalue weighted by molar-refractivity contribution is 7.91. The van der Waals surface area contributed by atoms with Crippen molar-refractivity contribution in [1.82, 2.24) is 14.9 Å². The SMILES string of the molecule is C[C@@H]1CC/C=C\[C@@H]2C[C@@]2(C(=O)NS(=O)(=O)C2(C)CC2)NC(=O)[C@@H]2C[C@@H](OC(=O)Nc3ccccc3C(F)(F)F)CN2C(=O)/C(=N/C(=O)OC(C)(C)C)[C@H](C)C1. The number of rotatable bonds is 5. The van der Waals surface area contributed by atoms with Gasteiger partial charge in [-0.15, -0.1) is 0 Å². The first-order valence-corrected chi connectivity index (χ1v) is 19.7. The Labute approximate surface area is 318 Å². The van der Waals surface area contributed by atoms with E-state index in [1.54, 1.807) is 33.8 Å². The lowest BCUT2D eigenvalue weighted by molar-refractivity contribution is -0.137. The van der Waals surface area contributed by atoms with E-state index in [0.29, 0.717) is 32.1 Å². The van der Waals surface area contributed by atoms with Gasteiger partial charge in [0.1, 0.15) is 29.0 Å². The fraction of sp³-hybridized carbons (Fsp3) is 0.622. The summed E-state index contributed by atoms with van der Waals surface area (Å²) >= 11 is 0. The summed E-state index contributed by atoms with van der Waals surface area (Å²) in [4.78, 5) is 73.6. The van der Waals surface area contributed by atoms with E-state index in [4.69, 9.17) is 9.47 Å². The number of para-hydroxylation sites is 1. The molecule has 0 radical (unpaired) electrons. The van der Waals surface area contributed by atoms with Gasteiger partial charge >= 0.3 is 18.4 Å². The number of aliphatic imine (C=N–C) groups is 1. The molecule has 302 valence electrons. The lowest BCUT2D eigenvalue weighted by atomic mass is 9.89. The van der Waals surface area contributed by atoms with Gasteiger partial charge in [0.05, 0.1) is 22.5 Å². The van der Waals surface area contributed by atoms with Gasteiger partial charge in [0.2, 0.25) is 15.9 Å². The van der Waals surface area contributed by atoms with Crippen LogP contribution < -0.4 is 15.4 Å². The standard InChI is InChI=1S/C37H48F3N5O9S/c1-21-11-7-8-12-23-19-36(23,31(48)44-55(51,52)35(6)15-16-35)43-29(46)27-18-24(53-32(49)41-26-14-10-9-13-25(26)37(38,39)40)20-45(27)30(47)28(22(2)17-21)42-33(50)54-34(3,4)5/h8-10,12-14,21-24,27H,7,11,15-20H2,1-6H3,(H,41,49)(H,43,46)(H,44,48)/b12-8-,42-28+/t21-,22-,23-,24-,27+,36-/m1/s1. The maximum atomic E-state index is 14.5. The summed E-state index contributed by atoms with van der Waals surface area (Å²) in [6.07, 6.45) is -2.73. The number of alkyl halides is 3. The van der Waals surface area contributed by atoms with Crippen molar-refractivity contribution in [2.45, 2.75) is 121 Å². The summed E-state index contributed by atoms with van der Waals surface area (Å²) in [5, 5.41) is 4.78. The Bertz CT molecular complexity index is 1890. The van der Waals surface area contributed by atoms with Gasteiger partial charge < -0.3 is 19.7 Å². The van der Waals surface area contributed by atoms with Gasteiger partial charge in [0.25, 0.3) is 11.8 Å². The summed E-state index contributed by atoms with van der Waals surface area (Å²) in [6.45, 7) is 9.60. The van der Waals surface area contributed by atoms with E-state index in [0.717, 1.165) is 23.1 Å². The van der Waals surface area contributed by atoms with Gasteiger partial charge in [0, 0.05) is 18.3 Å². The van der Waals surface area contributed by atoms with Crippen molar-refractivity contribution in [3.63, 3.8) is 0 Å². The molecule has 14 nitrogen and oxygen atoms in total. The smallest absolute Gasteiger partial charge is 0.434 e. The second-order valence-electron chi connectivity index (χ2n) is 16.3. The number of fused-ring (bicyclic) bond motifs is 2. The van der Waals surface area contributed by atoms with Crippen LogP contribution in [0.25, 0.3) is 0 Å². The maximum Gasteiger partial charge on any atom is 0.434 e. The lowest BCUT2D eigenvalue weighted by Crippen LogP contribution is -2.57. The number of hydrogen-bond acceptors (Lipinski definition) is 9. The Balaban J connectivity index is 1.49. The predicted molar refractivity (Wildman–Crippen MR) is 194 cm³/mol. The average molecular weight is 796 g/mol. The van der Waals surface area contributed by atoms with E-state index >= 15 is 0 Å². The number of carbonyl (C=O) groups is 5. The molecule has 2 heterocycles. The number of hydrogen-bond donors (Lipinski definition) is 3. The number of amides is 5. The largest absolute Gasteiger partial charge is 0.444 e. The van der Waals surface area contributed by atoms with Crippen LogP contribution in [0.2, 0.25) is 0 Å². The molecule has 2 aliphatic carbocycles. The Morgan fingerprint density at radius 1 is 1.05 bits per heavy atom. The van der Waals surface area contributed by atoms with Crippen LogP contribution in [0, 0.1) is 17.8 Å². The summed E-state index contributed by atoms with van der Waals surface area (Å²) in [5.41, 5.74) is -4.58. The minimum absolute atomic E-state index is 0.00610. The van der Waals surface area contributed by atoms with Gasteiger partial charge in [0.15, 0.2) is 0 Å². The number of anilines is 1. The number of benzene rings is 1. The fourth-order valence-electron chi connectivity index (χ4n) is 6.93. The highest BCUT2D eigenvalue weighted by Gasteiger charge is 2.63. The molecule has 2 aliphatic heterocycles. The minimum Gasteiger partial charge on any atom is -0.444 e. The van der Waals surface area contributed by atoms with Crippen LogP contribution >= 0.6 is 0 Å². The molecule has 2 saturated carbocycles. The van der Waals surface area contributed by atoms with Crippen LogP contribution in [0.1, 0.15) is 92.1 Å². The second kappa shape index (κ2) is 15.2. The molecular weight excluding hydrogens is 747 g/mol. The summed E-state index contributed by atoms with van der Waals surface area (Å²) < 4.78 is 78.9. The monoisotopic (exact) mass is 795 g/mol. The van der Waals surface area contributed by atoms with E-state index in [2.05, 4.69) is 20.3 Å². The molecule has 18 heteroatoms. The van der Waals surface area contributed by atoms with Gasteiger partial charge in [-0.1, -0.05) is 38.1 Å². The fourth-order valence-corrected chi connectivity index (χ4v) is 8.24. The molecule has 0 aromatic heterocycles. The van der Waals surface area contributed by atoms with Crippen molar-refractivity contribution in [2.24, 2.45) is 22.7 Å². The Morgan fingerprint density at radius 3 is 2.36 bits per heavy atom. The highest BCUT2D eigenvalue weighted by atomic mass is 32.2. The summed E-state index contributed by atoms with van der Waals surface area (Å²) in [7, 11) is -4.10. The molecular formula is C37H48F3N5O9S. The van der Waals surface area contributed by atoms with Crippen molar-refractivity contribution in [3.8, 4) is 0 Å². The molecule has 0 bridgehead atoms. The third-order valence-electron chi connectivity index (χ3n) is 10.4. The van der Waals surface area contributed by atoms with E-state index in [-0.39, 0.29) is 24.5 Å². The van der Waals surface area contributed by atoms with Crippen LogP contribution in [-0.2, 0) is 40.1 Å². The topological polar surface area (TPSA) is 190 Å². The molecule has 0 unspecified atom stereocenters. The van der Waals surface area contributed by atoms with E-state index < -0.39 is 104 Å². The number of allylic oxidation sites excluding steroid dienone is 1. The van der Waals surface area contributed by atoms with Crippen molar-refractivity contribution >= 4 is 51.3 Å². The quantitative estimate of drug-likeness (QED) is 0.324. The summed E-state index contributed by atoms with van der Waals surface area (Å²) in [5.74, 6) is -3.88. The Kier molecular flexibility index (Phi) is 11.5. The van der Waals surface area contributed by atoms with E-state index in [9.17, 15) is 45.6 Å². The number of nitrogens with one attached hydrogen (secondary N) is 3. The minimum atomic E-state index is -4.80. The molecule has 0 spiro atoms. The first kappa shape index (κ1) is 41.7. The zero-order valence-corrected chi connectivity index (χ0v) is 32.4. The maximum absolute atomic E-state index is 14.5. The Morgan fingerprint density at radius 2 is 1.73 bits per heavy atom. The first-order chi connectivity index (χ1) is 25.4. The first-order valence-electron chi connectivity index (χ1n) is 18.3. The predicted octanol–water partition coefficient (Wildman–Crippen LogP) is 5.49. The average Bonchev–Trinajstić information content (AvgIpc) is 3.94. The number of sulfonamides is 1. The number of halogens is 3. The van der Waals surface area contributed by atoms with Gasteiger partial charge in [-0.05, 0) is 84.3 Å². The molecule has 5 rings (SSSR count). The van der Waals surface area contributed by atoms with Crippen molar-refractivity contribution < 1.29 is 55.0 Å². The van der Waals surface area contributed by atoms with Crippen LogP contribution in [0.5, 0.6) is 0 Å². The third kappa shape index (κ3) is 9.67. The van der Waals surface area contributed by atoms with Gasteiger partial charge in [-0.2, -0.15) is 18.2 Å². The van der Waals surface area contributed by atoms with Crippen LogP contribution in [-0.4, -0.2) is 83.5 Å². The molecule has 3 fully saturated rings. The molecule has 3 N–H and O–H groups in total. The van der Waals surface area contributed by atoms with Crippen LogP contribution in [0.4, 0.5) is 28.4 Å². The Hall–Kier alpha value is -4.48. The van der Waals surface area contributed by atoms with Gasteiger partial charge in [-0.3, -0.25) is 24.4 Å². The van der Waals surface area contributed by atoms with E-state index in [1.807, 2.05) is 13.0 Å². The van der Waals surface area contributed by atoms with E-state index in [1.165, 1.54) is 13.0 Å². The second-order valence-corrected chi connectivity index (χ2v) is 18.5. The molecule has 5 amide bonds. The number of nitrogens with zero attached hydrogens (tertiary/aromatic N) is 2. The van der Waals surface area contributed by atoms with Crippen LogP contribution in [0.15, 0.2) is 41.4 Å². The lowest BCUT2D eigenvalue weighted by Gasteiger charge is -2.28. The zero-order chi connectivity index (χ0) is 40.7. The summed E-state index contributed by atoms with van der Waals surface area (Å²) in [6, 6.07) is 2.81. The molecule has 55 heavy (non-hydrogen) atoms. The molecule has 6 atom stereocenters. The molecule has 1 saturated heterocycles. The highest BCUT2D eigenvalue weighted by Crippen LogP contribution is 2.47. The van der Waals surface area contributed by atoms with Crippen molar-refractivity contribution in [1.29, 1.82) is 0 Å². The third-order valence-corrected chi connectivity index (χ3v) is 12.6.